The fraction of sp³-hybridized carbons (Fsp3) is 0.158. The van der Waals surface area contributed by atoms with E-state index in [4.69, 9.17) is 25.9 Å². The van der Waals surface area contributed by atoms with E-state index >= 15 is 0 Å². The number of halogens is 4. The van der Waals surface area contributed by atoms with E-state index in [1.807, 2.05) is 0 Å². The number of hydrogen-bond acceptors (Lipinski definition) is 5. The van der Waals surface area contributed by atoms with Crippen molar-refractivity contribution in [3.8, 4) is 22.8 Å². The van der Waals surface area contributed by atoms with Crippen molar-refractivity contribution in [2.75, 3.05) is 6.61 Å². The molecule has 0 aliphatic heterocycles. The van der Waals surface area contributed by atoms with Crippen LogP contribution in [0.25, 0.3) is 22.3 Å². The van der Waals surface area contributed by atoms with E-state index in [2.05, 4.69) is 0 Å². The zero-order chi connectivity index (χ0) is 21.3. The van der Waals surface area contributed by atoms with Gasteiger partial charge in [-0.05, 0) is 30.3 Å². The largest absolute Gasteiger partial charge is 0.507 e. The minimum Gasteiger partial charge on any atom is -0.507 e. The van der Waals surface area contributed by atoms with Crippen molar-refractivity contribution in [2.24, 2.45) is 0 Å². The van der Waals surface area contributed by atoms with Crippen LogP contribution in [0, 0.1) is 0 Å². The maximum absolute atomic E-state index is 13.1. The van der Waals surface area contributed by atoms with Crippen LogP contribution in [0.2, 0.25) is 5.02 Å². The number of alkyl halides is 3. The molecular formula is C19H12ClF3O6. The lowest BCUT2D eigenvalue weighted by Crippen LogP contribution is -2.09. The molecule has 1 heterocycles. The Bertz CT molecular complexity index is 1150. The number of hydrogen-bond donors (Lipinski definition) is 2. The SMILES string of the molecule is O=C(O)CCOc1cc(C(F)(F)F)ccc1-c1cc(=O)c2c(O)ccc(Cl)c2o1. The molecule has 0 atom stereocenters. The van der Waals surface area contributed by atoms with Gasteiger partial charge >= 0.3 is 12.1 Å². The molecule has 2 N–H and O–H groups in total. The monoisotopic (exact) mass is 428 g/mol. The number of ether oxygens (including phenoxy) is 1. The molecule has 0 saturated carbocycles. The van der Waals surface area contributed by atoms with Crippen LogP contribution in [0.1, 0.15) is 12.0 Å². The molecule has 0 aliphatic carbocycles. The lowest BCUT2D eigenvalue weighted by atomic mass is 10.1. The van der Waals surface area contributed by atoms with Crippen LogP contribution < -0.4 is 10.2 Å². The van der Waals surface area contributed by atoms with Gasteiger partial charge in [0.1, 0.15) is 22.6 Å². The molecular weight excluding hydrogens is 417 g/mol. The molecule has 10 heteroatoms. The Morgan fingerprint density at radius 3 is 2.55 bits per heavy atom. The summed E-state index contributed by atoms with van der Waals surface area (Å²) in [5, 5.41) is 18.4. The van der Waals surface area contributed by atoms with E-state index in [1.54, 1.807) is 0 Å². The number of carbonyl (C=O) groups is 1. The van der Waals surface area contributed by atoms with Crippen molar-refractivity contribution in [3.63, 3.8) is 0 Å². The Morgan fingerprint density at radius 1 is 1.17 bits per heavy atom. The van der Waals surface area contributed by atoms with Crippen LogP contribution in [-0.2, 0) is 11.0 Å². The highest BCUT2D eigenvalue weighted by Gasteiger charge is 2.32. The number of aromatic hydroxyl groups is 1. The Labute approximate surface area is 165 Å². The molecule has 0 saturated heterocycles. The zero-order valence-electron chi connectivity index (χ0n) is 14.4. The highest BCUT2D eigenvalue weighted by molar-refractivity contribution is 6.35. The average Bonchev–Trinajstić information content (AvgIpc) is 2.63. The van der Waals surface area contributed by atoms with Crippen molar-refractivity contribution in [1.82, 2.24) is 0 Å². The van der Waals surface area contributed by atoms with Gasteiger partial charge in [-0.25, -0.2) is 0 Å². The first-order valence-corrected chi connectivity index (χ1v) is 8.47. The van der Waals surface area contributed by atoms with Crippen molar-refractivity contribution < 1.29 is 37.3 Å². The minimum atomic E-state index is -4.66. The van der Waals surface area contributed by atoms with Gasteiger partial charge < -0.3 is 19.4 Å². The van der Waals surface area contributed by atoms with Crippen LogP contribution in [0.5, 0.6) is 11.5 Å². The maximum Gasteiger partial charge on any atom is 0.416 e. The van der Waals surface area contributed by atoms with Gasteiger partial charge in [-0.2, -0.15) is 13.2 Å². The molecule has 0 amide bonds. The summed E-state index contributed by atoms with van der Waals surface area (Å²) in [5.41, 5.74) is -1.85. The van der Waals surface area contributed by atoms with Gasteiger partial charge in [0.25, 0.3) is 0 Å². The van der Waals surface area contributed by atoms with Gasteiger partial charge in [-0.15, -0.1) is 0 Å². The predicted octanol–water partition coefficient (Wildman–Crippen LogP) is 4.69. The van der Waals surface area contributed by atoms with Crippen molar-refractivity contribution in [3.05, 3.63) is 57.2 Å². The van der Waals surface area contributed by atoms with E-state index in [-0.39, 0.29) is 38.8 Å². The molecule has 0 spiro atoms. The number of phenolic OH excluding ortho intramolecular Hbond substituents is 1. The van der Waals surface area contributed by atoms with Gasteiger partial charge in [-0.1, -0.05) is 11.6 Å². The third-order valence-corrected chi connectivity index (χ3v) is 4.25. The summed E-state index contributed by atoms with van der Waals surface area (Å²) in [4.78, 5) is 23.1. The van der Waals surface area contributed by atoms with Gasteiger partial charge in [0.2, 0.25) is 0 Å². The first-order chi connectivity index (χ1) is 13.6. The number of carboxylic acid groups (broad SMARTS) is 1. The summed E-state index contributed by atoms with van der Waals surface area (Å²) >= 11 is 6.01. The smallest absolute Gasteiger partial charge is 0.416 e. The molecule has 2 aromatic carbocycles. The van der Waals surface area contributed by atoms with Crippen LogP contribution in [0.15, 0.2) is 45.6 Å². The topological polar surface area (TPSA) is 97.0 Å². The van der Waals surface area contributed by atoms with Crippen LogP contribution >= 0.6 is 11.6 Å². The van der Waals surface area contributed by atoms with Crippen LogP contribution in [0.4, 0.5) is 13.2 Å². The van der Waals surface area contributed by atoms with Crippen molar-refractivity contribution in [2.45, 2.75) is 12.6 Å². The van der Waals surface area contributed by atoms with E-state index in [0.29, 0.717) is 6.07 Å². The van der Waals surface area contributed by atoms with E-state index in [0.717, 1.165) is 18.2 Å². The molecule has 29 heavy (non-hydrogen) atoms. The quantitative estimate of drug-likeness (QED) is 0.612. The second-order valence-electron chi connectivity index (χ2n) is 5.95. The first kappa shape index (κ1) is 20.5. The number of rotatable bonds is 5. The molecule has 0 aliphatic rings. The number of fused-ring (bicyclic) bond motifs is 1. The number of benzene rings is 2. The third kappa shape index (κ3) is 4.29. The normalized spacial score (nSPS) is 11.6. The molecule has 0 radical (unpaired) electrons. The predicted molar refractivity (Wildman–Crippen MR) is 97.3 cm³/mol. The second kappa shape index (κ2) is 7.67. The lowest BCUT2D eigenvalue weighted by molar-refractivity contribution is -0.139. The third-order valence-electron chi connectivity index (χ3n) is 3.96. The first-order valence-electron chi connectivity index (χ1n) is 8.09. The number of phenols is 1. The fourth-order valence-corrected chi connectivity index (χ4v) is 2.81. The molecule has 3 aromatic rings. The Kier molecular flexibility index (Phi) is 5.43. The number of aliphatic carboxylic acids is 1. The van der Waals surface area contributed by atoms with Gasteiger partial charge in [0, 0.05) is 6.07 Å². The minimum absolute atomic E-state index is 0.0111. The Hall–Kier alpha value is -3.20. The van der Waals surface area contributed by atoms with Crippen LogP contribution in [0.3, 0.4) is 0 Å². The summed E-state index contributed by atoms with van der Waals surface area (Å²) in [6.07, 6.45) is -5.11. The highest BCUT2D eigenvalue weighted by atomic mass is 35.5. The zero-order valence-corrected chi connectivity index (χ0v) is 15.2. The van der Waals surface area contributed by atoms with Crippen LogP contribution in [-0.4, -0.2) is 22.8 Å². The van der Waals surface area contributed by atoms with E-state index in [9.17, 15) is 27.9 Å². The van der Waals surface area contributed by atoms with Crippen molar-refractivity contribution in [1.29, 1.82) is 0 Å². The molecule has 3 rings (SSSR count). The van der Waals surface area contributed by atoms with Crippen molar-refractivity contribution >= 4 is 28.5 Å². The lowest BCUT2D eigenvalue weighted by Gasteiger charge is -2.14. The summed E-state index contributed by atoms with van der Waals surface area (Å²) in [5.74, 6) is -2.04. The summed E-state index contributed by atoms with van der Waals surface area (Å²) < 4.78 is 49.9. The molecule has 0 fully saturated rings. The molecule has 0 unspecified atom stereocenters. The molecule has 6 nitrogen and oxygen atoms in total. The summed E-state index contributed by atoms with van der Waals surface area (Å²) in [6, 6.07) is 5.98. The Morgan fingerprint density at radius 2 is 1.90 bits per heavy atom. The average molecular weight is 429 g/mol. The summed E-state index contributed by atoms with van der Waals surface area (Å²) in [6.45, 7) is -0.400. The van der Waals surface area contributed by atoms with Gasteiger partial charge in [-0.3, -0.25) is 9.59 Å². The summed E-state index contributed by atoms with van der Waals surface area (Å²) in [7, 11) is 0. The fourth-order valence-electron chi connectivity index (χ4n) is 2.62. The van der Waals surface area contributed by atoms with Gasteiger partial charge in [0.15, 0.2) is 11.0 Å². The molecule has 1 aromatic heterocycles. The van der Waals surface area contributed by atoms with E-state index in [1.165, 1.54) is 12.1 Å². The highest BCUT2D eigenvalue weighted by Crippen LogP contribution is 2.39. The van der Waals surface area contributed by atoms with E-state index < -0.39 is 36.2 Å². The molecule has 152 valence electrons. The maximum atomic E-state index is 13.1. The Balaban J connectivity index is 2.17. The van der Waals surface area contributed by atoms with Gasteiger partial charge in [0.05, 0.1) is 29.2 Å². The molecule has 0 bridgehead atoms. The standard InChI is InChI=1S/C19H12ClF3O6/c20-11-3-4-12(24)17-13(25)8-15(29-18(11)17)10-2-1-9(19(21,22)23)7-14(10)28-6-5-16(26)27/h1-4,7-8,24H,5-6H2,(H,26,27). The second-order valence-corrected chi connectivity index (χ2v) is 6.35. The number of carboxylic acids is 1.